The second-order valence-electron chi connectivity index (χ2n) is 5.00. The number of fused-ring (bicyclic) bond motifs is 1. The van der Waals surface area contributed by atoms with Crippen LogP contribution in [0.15, 0.2) is 11.6 Å². The van der Waals surface area contributed by atoms with Crippen LogP contribution in [0.4, 0.5) is 0 Å². The van der Waals surface area contributed by atoms with Crippen LogP contribution in [0.1, 0.15) is 26.7 Å². The average molecular weight is 239 g/mol. The summed E-state index contributed by atoms with van der Waals surface area (Å²) in [7, 11) is 0. The molecule has 96 valence electrons. The van der Waals surface area contributed by atoms with E-state index in [1.807, 2.05) is 6.92 Å². The highest BCUT2D eigenvalue weighted by Crippen LogP contribution is 2.33. The fourth-order valence-corrected chi connectivity index (χ4v) is 2.83. The van der Waals surface area contributed by atoms with E-state index in [0.29, 0.717) is 18.1 Å². The minimum Gasteiger partial charge on any atom is -0.462 e. The number of ether oxygens (including phenoxy) is 1. The first kappa shape index (κ1) is 12.6. The van der Waals surface area contributed by atoms with Crippen LogP contribution in [0.25, 0.3) is 0 Å². The predicted octanol–water partition coefficient (Wildman–Crippen LogP) is 0.951. The number of hydrogen-bond donors (Lipinski definition) is 1. The number of carbonyl (C=O) groups excluding carboxylic acids is 1. The first-order valence-corrected chi connectivity index (χ1v) is 6.35. The van der Waals surface area contributed by atoms with Crippen molar-refractivity contribution in [2.75, 3.05) is 19.7 Å². The molecular formula is C13H21NO3. The van der Waals surface area contributed by atoms with E-state index < -0.39 is 0 Å². The molecule has 4 nitrogen and oxygen atoms in total. The summed E-state index contributed by atoms with van der Waals surface area (Å²) in [4.78, 5) is 13.8. The van der Waals surface area contributed by atoms with Gasteiger partial charge in [-0.1, -0.05) is 6.08 Å². The van der Waals surface area contributed by atoms with Gasteiger partial charge in [-0.15, -0.1) is 0 Å². The number of esters is 1. The maximum Gasteiger partial charge on any atom is 0.333 e. The van der Waals surface area contributed by atoms with Crippen molar-refractivity contribution >= 4 is 5.97 Å². The van der Waals surface area contributed by atoms with E-state index in [9.17, 15) is 9.90 Å². The Kier molecular flexibility index (Phi) is 3.84. The van der Waals surface area contributed by atoms with Crippen molar-refractivity contribution in [3.63, 3.8) is 0 Å². The molecule has 0 aromatic rings. The zero-order chi connectivity index (χ0) is 12.4. The van der Waals surface area contributed by atoms with E-state index in [1.165, 1.54) is 0 Å². The topological polar surface area (TPSA) is 49.8 Å². The maximum absolute atomic E-state index is 11.5. The Hall–Kier alpha value is -0.870. The van der Waals surface area contributed by atoms with Crippen molar-refractivity contribution < 1.29 is 14.6 Å². The Morgan fingerprint density at radius 3 is 2.88 bits per heavy atom. The summed E-state index contributed by atoms with van der Waals surface area (Å²) in [5.74, 6) is 0.0551. The monoisotopic (exact) mass is 239 g/mol. The molecule has 0 bridgehead atoms. The smallest absolute Gasteiger partial charge is 0.333 e. The molecule has 0 aliphatic carbocycles. The Morgan fingerprint density at radius 2 is 2.18 bits per heavy atom. The van der Waals surface area contributed by atoms with Gasteiger partial charge < -0.3 is 9.84 Å². The van der Waals surface area contributed by atoms with Crippen LogP contribution in [-0.2, 0) is 9.53 Å². The maximum atomic E-state index is 11.5. The number of allylic oxidation sites excluding steroid dienone is 1. The molecule has 0 amide bonds. The molecule has 0 radical (unpaired) electrons. The number of carbonyl (C=O) groups is 1. The van der Waals surface area contributed by atoms with Gasteiger partial charge in [-0.2, -0.15) is 0 Å². The third-order valence-corrected chi connectivity index (χ3v) is 3.98. The van der Waals surface area contributed by atoms with Crippen molar-refractivity contribution in [3.05, 3.63) is 11.6 Å². The molecule has 0 unspecified atom stereocenters. The lowest BCUT2D eigenvalue weighted by molar-refractivity contribution is -0.140. The summed E-state index contributed by atoms with van der Waals surface area (Å²) in [6.07, 6.45) is 3.38. The van der Waals surface area contributed by atoms with Crippen LogP contribution in [0.5, 0.6) is 0 Å². The highest BCUT2D eigenvalue weighted by atomic mass is 16.5. The van der Waals surface area contributed by atoms with E-state index in [1.54, 1.807) is 13.0 Å². The van der Waals surface area contributed by atoms with E-state index in [4.69, 9.17) is 4.74 Å². The first-order valence-electron chi connectivity index (χ1n) is 6.35. The lowest BCUT2D eigenvalue weighted by atomic mass is 9.97. The molecular weight excluding hydrogens is 218 g/mol. The quantitative estimate of drug-likeness (QED) is 0.588. The molecule has 1 N–H and O–H groups in total. The van der Waals surface area contributed by atoms with Gasteiger partial charge in [0.2, 0.25) is 0 Å². The highest BCUT2D eigenvalue weighted by molar-refractivity contribution is 5.87. The Bertz CT molecular complexity index is 327. The van der Waals surface area contributed by atoms with Gasteiger partial charge in [-0.3, -0.25) is 4.90 Å². The summed E-state index contributed by atoms with van der Waals surface area (Å²) in [5.41, 5.74) is 0.645. The number of aliphatic hydroxyl groups excluding tert-OH is 1. The summed E-state index contributed by atoms with van der Waals surface area (Å²) in [6.45, 7) is 6.02. The summed E-state index contributed by atoms with van der Waals surface area (Å²) < 4.78 is 5.29. The third-order valence-electron chi connectivity index (χ3n) is 3.98. The molecule has 2 heterocycles. The predicted molar refractivity (Wildman–Crippen MR) is 64.5 cm³/mol. The zero-order valence-electron chi connectivity index (χ0n) is 10.6. The SMILES string of the molecule is C/C=C(\C)C(=O)OC[C@@H]1CCN2CC[C@H](O)[C@@H]12. The van der Waals surface area contributed by atoms with Crippen LogP contribution in [0.2, 0.25) is 0 Å². The molecule has 0 spiro atoms. The molecule has 3 atom stereocenters. The average Bonchev–Trinajstić information content (AvgIpc) is 2.89. The summed E-state index contributed by atoms with van der Waals surface area (Å²) in [5, 5.41) is 9.90. The Labute approximate surface area is 102 Å². The van der Waals surface area contributed by atoms with Gasteiger partial charge in [0.15, 0.2) is 0 Å². The van der Waals surface area contributed by atoms with Crippen molar-refractivity contribution in [1.29, 1.82) is 0 Å². The van der Waals surface area contributed by atoms with E-state index in [-0.39, 0.29) is 18.1 Å². The van der Waals surface area contributed by atoms with Crippen LogP contribution >= 0.6 is 0 Å². The van der Waals surface area contributed by atoms with E-state index >= 15 is 0 Å². The molecule has 0 aromatic heterocycles. The Balaban J connectivity index is 1.86. The first-order chi connectivity index (χ1) is 8.13. The summed E-state index contributed by atoms with van der Waals surface area (Å²) >= 11 is 0. The van der Waals surface area contributed by atoms with Crippen molar-refractivity contribution in [3.8, 4) is 0 Å². The second kappa shape index (κ2) is 5.19. The highest BCUT2D eigenvalue weighted by Gasteiger charge is 2.43. The minimum atomic E-state index is -0.246. The van der Waals surface area contributed by atoms with Gasteiger partial charge in [-0.25, -0.2) is 4.79 Å². The van der Waals surface area contributed by atoms with Gasteiger partial charge >= 0.3 is 5.97 Å². The van der Waals surface area contributed by atoms with Gasteiger partial charge in [0.25, 0.3) is 0 Å². The standard InChI is InChI=1S/C13H21NO3/c1-3-9(2)13(16)17-8-10-4-6-14-7-5-11(15)12(10)14/h3,10-12,15H,4-8H2,1-2H3/b9-3+/t10-,11-,12+/m0/s1. The number of aliphatic hydroxyl groups is 1. The van der Waals surface area contributed by atoms with E-state index in [0.717, 1.165) is 25.9 Å². The minimum absolute atomic E-state index is 0.203. The van der Waals surface area contributed by atoms with Crippen LogP contribution in [0, 0.1) is 5.92 Å². The fraction of sp³-hybridized carbons (Fsp3) is 0.769. The van der Waals surface area contributed by atoms with Crippen molar-refractivity contribution in [2.45, 2.75) is 38.8 Å². The zero-order valence-corrected chi connectivity index (χ0v) is 10.6. The number of nitrogens with zero attached hydrogens (tertiary/aromatic N) is 1. The molecule has 2 fully saturated rings. The van der Waals surface area contributed by atoms with Crippen LogP contribution in [-0.4, -0.2) is 47.8 Å². The number of rotatable bonds is 3. The number of hydrogen-bond acceptors (Lipinski definition) is 4. The van der Waals surface area contributed by atoms with Gasteiger partial charge in [0.1, 0.15) is 0 Å². The lowest BCUT2D eigenvalue weighted by Gasteiger charge is -2.22. The fourth-order valence-electron chi connectivity index (χ4n) is 2.83. The second-order valence-corrected chi connectivity index (χ2v) is 5.00. The Morgan fingerprint density at radius 1 is 1.47 bits per heavy atom. The third kappa shape index (κ3) is 2.53. The summed E-state index contributed by atoms with van der Waals surface area (Å²) in [6, 6.07) is 0.203. The molecule has 4 heteroatoms. The molecule has 2 aliphatic rings. The molecule has 0 saturated carbocycles. The molecule has 2 rings (SSSR count). The normalized spacial score (nSPS) is 33.8. The lowest BCUT2D eigenvalue weighted by Crippen LogP contribution is -2.36. The van der Waals surface area contributed by atoms with E-state index in [2.05, 4.69) is 4.90 Å². The van der Waals surface area contributed by atoms with Crippen molar-refractivity contribution in [2.24, 2.45) is 5.92 Å². The van der Waals surface area contributed by atoms with Crippen LogP contribution < -0.4 is 0 Å². The van der Waals surface area contributed by atoms with Gasteiger partial charge in [0.05, 0.1) is 12.7 Å². The molecule has 2 saturated heterocycles. The van der Waals surface area contributed by atoms with Gasteiger partial charge in [-0.05, 0) is 33.2 Å². The molecule has 2 aliphatic heterocycles. The van der Waals surface area contributed by atoms with Crippen molar-refractivity contribution in [1.82, 2.24) is 4.90 Å². The van der Waals surface area contributed by atoms with Crippen LogP contribution in [0.3, 0.4) is 0 Å². The molecule has 0 aromatic carbocycles. The molecule has 17 heavy (non-hydrogen) atoms. The van der Waals surface area contributed by atoms with Gasteiger partial charge in [0, 0.05) is 24.1 Å². The largest absolute Gasteiger partial charge is 0.462 e.